The molecule has 4 fully saturated rings. The molecule has 8 aromatic heterocycles. The molecule has 4 amide bonds. The number of aliphatic hydroxyl groups excluding tert-OH is 3. The minimum absolute atomic E-state index is 0.000000499. The van der Waals surface area contributed by atoms with Gasteiger partial charge in [-0.1, -0.05) is 23.2 Å². The van der Waals surface area contributed by atoms with Crippen LogP contribution in [0.25, 0.3) is 0 Å². The number of rotatable bonds is 26. The van der Waals surface area contributed by atoms with Crippen molar-refractivity contribution >= 4 is 159 Å². The van der Waals surface area contributed by atoms with E-state index in [9.17, 15) is 42.7 Å². The van der Waals surface area contributed by atoms with Gasteiger partial charge >= 0.3 is 23.9 Å². The third kappa shape index (κ3) is 25.3. The number of likely N-dealkylation sites (tertiary alicyclic amines) is 3. The lowest BCUT2D eigenvalue weighted by Gasteiger charge is -2.46. The fraction of sp³-hybridized carbons (Fsp3) is 0.511. The summed E-state index contributed by atoms with van der Waals surface area (Å²) in [6.45, 7) is 21.9. The monoisotopic (exact) mass is 1930 g/mol. The molecule has 8 aliphatic rings. The van der Waals surface area contributed by atoms with E-state index in [0.717, 1.165) is 177 Å². The number of carbonyl (C=O) groups excluding carboxylic acids is 8. The lowest BCUT2D eigenvalue weighted by atomic mass is 9.79. The highest BCUT2D eigenvalue weighted by molar-refractivity contribution is 7.18. The second-order valence-electron chi connectivity index (χ2n) is 34.4. The Kier molecular flexibility index (Phi) is 35.3. The molecule has 0 saturated carbocycles. The predicted molar refractivity (Wildman–Crippen MR) is 511 cm³/mol. The third-order valence-corrected chi connectivity index (χ3v) is 29.2. The molecule has 4 saturated heterocycles. The molecule has 16 N–H and O–H groups in total. The van der Waals surface area contributed by atoms with Gasteiger partial charge in [0.05, 0.1) is 92.8 Å². The van der Waals surface area contributed by atoms with Crippen LogP contribution in [0.4, 0.5) is 47.7 Å². The lowest BCUT2D eigenvalue weighted by Crippen LogP contribution is -2.60. The number of amides is 4. The number of β-amino-alcohol motifs (C(OH)–C–C–N with tert-alkyl or cyclic N) is 3. The van der Waals surface area contributed by atoms with E-state index in [2.05, 4.69) is 131 Å². The van der Waals surface area contributed by atoms with Gasteiger partial charge in [-0.15, -0.1) is 45.3 Å². The minimum Gasteiger partial charge on any atom is -0.465 e. The van der Waals surface area contributed by atoms with E-state index in [-0.39, 0.29) is 89.3 Å². The molecule has 8 aliphatic heterocycles. The van der Waals surface area contributed by atoms with Crippen LogP contribution in [0.1, 0.15) is 204 Å². The maximum atomic E-state index is 14.3. The second kappa shape index (κ2) is 46.6. The Bertz CT molecular complexity index is 5420. The van der Waals surface area contributed by atoms with Crippen LogP contribution in [0, 0.1) is 5.82 Å². The highest BCUT2D eigenvalue weighted by Crippen LogP contribution is 2.42. The number of piperidine rings is 4. The van der Waals surface area contributed by atoms with Crippen molar-refractivity contribution in [2.45, 2.75) is 166 Å². The minimum atomic E-state index is -0.807. The molecule has 35 nitrogen and oxygen atoms in total. The van der Waals surface area contributed by atoms with Crippen molar-refractivity contribution in [1.82, 2.24) is 61.2 Å². The average Bonchev–Trinajstić information content (AvgIpc) is 1.62. The van der Waals surface area contributed by atoms with E-state index in [0.29, 0.717) is 140 Å². The summed E-state index contributed by atoms with van der Waals surface area (Å²) in [5.41, 5.74) is 6.58. The normalized spacial score (nSPS) is 17.5. The number of nitrogens with zero attached hydrogens (tertiary/aromatic N) is 7. The predicted octanol–water partition coefficient (Wildman–Crippen LogP) is 10.1. The van der Waals surface area contributed by atoms with Crippen LogP contribution in [0.5, 0.6) is 0 Å². The standard InChI is InChI=1S/C24H33N5O3S.C22H27ClFN5O4S.C22H28ClN5O4S.C22H29N5O4S/c1-23(2)11-14(12-24(3,4)29-23)27-19-16(7-6-9-26-19)20(30)28-21-18(22(31)32-5)15-8-10-25-13-17(15)33-21;1-33-22(32)17-13-2-5-25-11-16(13)34-21(17)28-20(31)14-10-15(24)18(23)27-19(14)26-12-3-6-29(7-4-12)8-9-30;1-32-22(31)18-14-4-7-24-12-16(14)33-21(18)27-20(30)15-2-3-17(23)26-19(15)25-13-5-8-28(9-6-13)10-11-29;1-31-22(30)18-15-4-8-23-13-17(15)32-21(18)26-20(29)16-3-2-7-24-19(16)25-14-5-9-27(10-6-14)11-12-28/h6-7,9,14,25,29H,8,10-13H2,1-5H3,(H,26,27)(H,28,30);10,12,25,30H,2-9,11H2,1H3,(H,26,27)(H,28,31);2-3,13,24,29H,4-12H2,1H3,(H,25,26)(H,27,30);2-3,7,14,23,28H,4-6,8-13H2,1H3,(H,24,25)(H,26,29). The van der Waals surface area contributed by atoms with Crippen molar-refractivity contribution in [3.63, 3.8) is 0 Å². The molecule has 132 heavy (non-hydrogen) atoms. The van der Waals surface area contributed by atoms with E-state index in [4.69, 9.17) is 57.5 Å². The van der Waals surface area contributed by atoms with Gasteiger partial charge < -0.3 is 118 Å². The van der Waals surface area contributed by atoms with Gasteiger partial charge in [-0.2, -0.15) is 0 Å². The quantitative estimate of drug-likeness (QED) is 0.0136. The smallest absolute Gasteiger partial charge is 0.341 e. The van der Waals surface area contributed by atoms with Crippen molar-refractivity contribution in [2.24, 2.45) is 0 Å². The Morgan fingerprint density at radius 2 is 0.742 bits per heavy atom. The Morgan fingerprint density at radius 1 is 0.439 bits per heavy atom. The van der Waals surface area contributed by atoms with Gasteiger partial charge in [-0.25, -0.2) is 43.5 Å². The number of carbonyl (C=O) groups is 8. The molecular formula is C90H117Cl2FN20O15S4. The first-order valence-electron chi connectivity index (χ1n) is 44.4. The number of aliphatic hydroxyl groups is 3. The number of thiophene rings is 4. The van der Waals surface area contributed by atoms with Gasteiger partial charge in [0.1, 0.15) is 48.4 Å². The van der Waals surface area contributed by atoms with Crippen LogP contribution < -0.4 is 69.1 Å². The number of fused-ring (bicyclic) bond motifs is 4. The van der Waals surface area contributed by atoms with E-state index in [1.165, 1.54) is 73.8 Å². The van der Waals surface area contributed by atoms with Crippen LogP contribution >= 0.6 is 68.5 Å². The van der Waals surface area contributed by atoms with E-state index < -0.39 is 35.6 Å². The Hall–Kier alpha value is -9.57. The summed E-state index contributed by atoms with van der Waals surface area (Å²) in [6.07, 6.45) is 13.1. The average molecular weight is 1940 g/mol. The third-order valence-electron chi connectivity index (χ3n) is 24.1. The molecular weight excluding hydrogens is 1820 g/mol. The van der Waals surface area contributed by atoms with Crippen LogP contribution in [-0.4, -0.2) is 266 Å². The first-order valence-corrected chi connectivity index (χ1v) is 48.4. The second-order valence-corrected chi connectivity index (χ2v) is 39.6. The van der Waals surface area contributed by atoms with Gasteiger partial charge in [0.2, 0.25) is 0 Å². The molecule has 712 valence electrons. The fourth-order valence-electron chi connectivity index (χ4n) is 18.1. The molecule has 0 unspecified atom stereocenters. The van der Waals surface area contributed by atoms with Gasteiger partial charge in [0, 0.05) is 152 Å². The molecule has 0 spiro atoms. The molecule has 0 aliphatic carbocycles. The molecule has 0 bridgehead atoms. The van der Waals surface area contributed by atoms with E-state index >= 15 is 0 Å². The summed E-state index contributed by atoms with van der Waals surface area (Å²) in [5.74, 6) is -2.51. The number of hydrogen-bond acceptors (Lipinski definition) is 35. The molecule has 16 rings (SSSR count). The summed E-state index contributed by atoms with van der Waals surface area (Å²) in [5, 5.41) is 71.2. The molecule has 16 heterocycles. The number of ether oxygens (including phenoxy) is 4. The first-order chi connectivity index (χ1) is 63.6. The molecule has 0 radical (unpaired) electrons. The number of halogens is 3. The number of methoxy groups -OCH3 is 4. The number of anilines is 8. The Labute approximate surface area is 791 Å². The Balaban J connectivity index is 0.000000150. The van der Waals surface area contributed by atoms with E-state index in [1.807, 2.05) is 0 Å². The maximum Gasteiger partial charge on any atom is 0.341 e. The zero-order chi connectivity index (χ0) is 93.9. The van der Waals surface area contributed by atoms with Gasteiger partial charge in [-0.05, 0) is 196 Å². The fourth-order valence-corrected chi connectivity index (χ4v) is 23.1. The van der Waals surface area contributed by atoms with Gasteiger partial charge in [0.15, 0.2) is 11.0 Å². The summed E-state index contributed by atoms with van der Waals surface area (Å²) in [6, 6.07) is 11.8. The van der Waals surface area contributed by atoms with Gasteiger partial charge in [-0.3, -0.25) is 19.2 Å². The summed E-state index contributed by atoms with van der Waals surface area (Å²) in [7, 11) is 5.36. The zero-order valence-electron chi connectivity index (χ0n) is 75.3. The maximum absolute atomic E-state index is 14.3. The van der Waals surface area contributed by atoms with Crippen molar-refractivity contribution in [1.29, 1.82) is 0 Å². The molecule has 8 aromatic rings. The molecule has 0 atom stereocenters. The summed E-state index contributed by atoms with van der Waals surface area (Å²) >= 11 is 17.6. The Morgan fingerprint density at radius 3 is 1.07 bits per heavy atom. The highest BCUT2D eigenvalue weighted by atomic mass is 35.5. The van der Waals surface area contributed by atoms with Gasteiger partial charge in [0.25, 0.3) is 23.6 Å². The number of esters is 4. The van der Waals surface area contributed by atoms with Crippen LogP contribution in [0.15, 0.2) is 54.9 Å². The number of nitrogens with one attached hydrogen (secondary N) is 13. The largest absolute Gasteiger partial charge is 0.465 e. The lowest BCUT2D eigenvalue weighted by molar-refractivity contribution is 0.0591. The number of pyridine rings is 4. The van der Waals surface area contributed by atoms with E-state index in [1.54, 1.807) is 48.8 Å². The summed E-state index contributed by atoms with van der Waals surface area (Å²) < 4.78 is 34.3. The topological polar surface area (TPSA) is 452 Å². The van der Waals surface area contributed by atoms with Crippen molar-refractivity contribution < 1.29 is 77.0 Å². The van der Waals surface area contributed by atoms with Crippen molar-refractivity contribution in [3.05, 3.63) is 157 Å². The van der Waals surface area contributed by atoms with Crippen LogP contribution in [0.2, 0.25) is 10.3 Å². The first kappa shape index (κ1) is 99.9. The van der Waals surface area contributed by atoms with Crippen molar-refractivity contribution in [3.8, 4) is 0 Å². The number of aromatic nitrogens is 4. The van der Waals surface area contributed by atoms with Crippen LogP contribution in [0.3, 0.4) is 0 Å². The zero-order valence-corrected chi connectivity index (χ0v) is 80.0. The van der Waals surface area contributed by atoms with Crippen molar-refractivity contribution in [2.75, 3.05) is 176 Å². The van der Waals surface area contributed by atoms with Crippen LogP contribution in [-0.2, 0) is 70.8 Å². The number of hydrogen-bond donors (Lipinski definition) is 16. The highest BCUT2D eigenvalue weighted by Gasteiger charge is 2.40. The SMILES string of the molecule is COC(=O)c1c(NC(=O)c2cc(F)c(Cl)nc2NC2CCN(CCO)CC2)sc2c1CCNC2.COC(=O)c1c(NC(=O)c2ccc(Cl)nc2NC2CCN(CCO)CC2)sc2c1CCNC2.COC(=O)c1c(NC(=O)c2cccnc2NC2CC(C)(C)NC(C)(C)C2)sc2c1CCNC2.COC(=O)c1c(NC(=O)c2cccnc2NC2CCN(CCO)CC2)sc2c1CCNC2. The molecule has 0 aromatic carbocycles. The molecule has 42 heteroatoms. The summed E-state index contributed by atoms with van der Waals surface area (Å²) in [4.78, 5) is 131.